The highest BCUT2D eigenvalue weighted by Crippen LogP contribution is 2.27. The molecule has 0 radical (unpaired) electrons. The quantitative estimate of drug-likeness (QED) is 0.586. The number of amides is 2. The second-order valence-electron chi connectivity index (χ2n) is 8.26. The van der Waals surface area contributed by atoms with E-state index in [4.69, 9.17) is 9.47 Å². The van der Waals surface area contributed by atoms with Crippen molar-refractivity contribution in [2.24, 2.45) is 0 Å². The fourth-order valence-corrected chi connectivity index (χ4v) is 2.99. The van der Waals surface area contributed by atoms with Gasteiger partial charge in [-0.2, -0.15) is 0 Å². The van der Waals surface area contributed by atoms with Crippen LogP contribution in [-0.4, -0.2) is 34.5 Å². The van der Waals surface area contributed by atoms with Crippen LogP contribution in [0.15, 0.2) is 66.9 Å². The molecule has 0 bridgehead atoms. The molecule has 7 heteroatoms. The summed E-state index contributed by atoms with van der Waals surface area (Å²) in [5, 5.41) is 1.30. The maximum Gasteiger partial charge on any atom is 0.278 e. The first-order valence-electron chi connectivity index (χ1n) is 10.2. The molecule has 0 unspecified atom stereocenters. The van der Waals surface area contributed by atoms with Crippen LogP contribution in [0.1, 0.15) is 47.1 Å². The van der Waals surface area contributed by atoms with Crippen LogP contribution in [0, 0.1) is 6.92 Å². The van der Waals surface area contributed by atoms with Crippen LogP contribution in [0.2, 0.25) is 0 Å². The number of rotatable bonds is 5. The number of hydrazine groups is 1. The summed E-state index contributed by atoms with van der Waals surface area (Å²) in [6.45, 7) is 7.41. The van der Waals surface area contributed by atoms with Gasteiger partial charge in [-0.3, -0.25) is 15.0 Å². The molecule has 2 aromatic carbocycles. The Balaban J connectivity index is 1.89. The summed E-state index contributed by atoms with van der Waals surface area (Å²) in [5.41, 5.74) is 3.69. The monoisotopic (exact) mass is 433 g/mol. The number of aromatic nitrogens is 1. The van der Waals surface area contributed by atoms with Crippen molar-refractivity contribution in [1.29, 1.82) is 0 Å². The summed E-state index contributed by atoms with van der Waals surface area (Å²) in [4.78, 5) is 30.6. The molecule has 32 heavy (non-hydrogen) atoms. The molecular weight excluding hydrogens is 406 g/mol. The highest BCUT2D eigenvalue weighted by Gasteiger charge is 2.31. The lowest BCUT2D eigenvalue weighted by atomic mass is 10.1. The lowest BCUT2D eigenvalue weighted by Crippen LogP contribution is -2.56. The average molecular weight is 434 g/mol. The first-order valence-corrected chi connectivity index (χ1v) is 10.2. The second kappa shape index (κ2) is 9.51. The normalized spacial score (nSPS) is 10.9. The highest BCUT2D eigenvalue weighted by atomic mass is 16.5. The molecule has 166 valence electrons. The van der Waals surface area contributed by atoms with Crippen LogP contribution in [-0.2, 0) is 0 Å². The van der Waals surface area contributed by atoms with E-state index in [1.165, 1.54) is 5.01 Å². The standard InChI is InChI=1S/C25H27N3O4/c1-17-8-6-9-18(16-17)22(29)27-28(25(2,3)4)24(30)21-10-7-15-26-23(21)32-20-13-11-19(31-5)12-14-20/h6-16H,1-5H3,(H,27,29). The molecule has 3 rings (SSSR count). The predicted octanol–water partition coefficient (Wildman–Crippen LogP) is 4.78. The Kier molecular flexibility index (Phi) is 6.78. The van der Waals surface area contributed by atoms with E-state index in [1.54, 1.807) is 67.9 Å². The van der Waals surface area contributed by atoms with Crippen molar-refractivity contribution < 1.29 is 19.1 Å². The summed E-state index contributed by atoms with van der Waals surface area (Å²) in [5.74, 6) is 0.521. The van der Waals surface area contributed by atoms with Crippen LogP contribution in [0.5, 0.6) is 17.4 Å². The van der Waals surface area contributed by atoms with Crippen LogP contribution >= 0.6 is 0 Å². The molecule has 2 amide bonds. The Morgan fingerprint density at radius 1 is 0.969 bits per heavy atom. The van der Waals surface area contributed by atoms with Crippen molar-refractivity contribution in [3.8, 4) is 17.4 Å². The minimum atomic E-state index is -0.705. The van der Waals surface area contributed by atoms with Gasteiger partial charge in [0.25, 0.3) is 11.8 Å². The maximum absolute atomic E-state index is 13.5. The zero-order valence-electron chi connectivity index (χ0n) is 18.9. The summed E-state index contributed by atoms with van der Waals surface area (Å²) >= 11 is 0. The van der Waals surface area contributed by atoms with Crippen molar-refractivity contribution in [3.05, 3.63) is 83.6 Å². The van der Waals surface area contributed by atoms with Crippen LogP contribution in [0.25, 0.3) is 0 Å². The fraction of sp³-hybridized carbons (Fsp3) is 0.240. The molecule has 7 nitrogen and oxygen atoms in total. The van der Waals surface area contributed by atoms with E-state index in [2.05, 4.69) is 10.4 Å². The van der Waals surface area contributed by atoms with Crippen molar-refractivity contribution in [2.45, 2.75) is 33.2 Å². The molecule has 0 spiro atoms. The van der Waals surface area contributed by atoms with Gasteiger partial charge in [-0.25, -0.2) is 9.99 Å². The summed E-state index contributed by atoms with van der Waals surface area (Å²) in [7, 11) is 1.58. The number of hydrogen-bond donors (Lipinski definition) is 1. The summed E-state index contributed by atoms with van der Waals surface area (Å²) in [6.07, 6.45) is 1.54. The number of carbonyl (C=O) groups is 2. The lowest BCUT2D eigenvalue weighted by Gasteiger charge is -2.35. The van der Waals surface area contributed by atoms with E-state index in [1.807, 2.05) is 33.8 Å². The zero-order valence-corrected chi connectivity index (χ0v) is 18.9. The lowest BCUT2D eigenvalue weighted by molar-refractivity contribution is 0.0356. The highest BCUT2D eigenvalue weighted by molar-refractivity contribution is 6.00. The van der Waals surface area contributed by atoms with Gasteiger partial charge in [0.15, 0.2) is 0 Å². The minimum Gasteiger partial charge on any atom is -0.497 e. The van der Waals surface area contributed by atoms with E-state index >= 15 is 0 Å². The number of nitrogens with zero attached hydrogens (tertiary/aromatic N) is 2. The number of benzene rings is 2. The third-order valence-corrected chi connectivity index (χ3v) is 4.64. The number of aryl methyl sites for hydroxylation is 1. The molecule has 0 aliphatic heterocycles. The number of pyridine rings is 1. The number of hydrogen-bond acceptors (Lipinski definition) is 5. The molecular formula is C25H27N3O4. The van der Waals surface area contributed by atoms with E-state index in [-0.39, 0.29) is 17.4 Å². The number of carbonyl (C=O) groups excluding carboxylic acids is 2. The van der Waals surface area contributed by atoms with Gasteiger partial charge in [0.1, 0.15) is 17.1 Å². The van der Waals surface area contributed by atoms with E-state index in [9.17, 15) is 9.59 Å². The Morgan fingerprint density at radius 3 is 2.28 bits per heavy atom. The van der Waals surface area contributed by atoms with Gasteiger partial charge in [-0.05, 0) is 76.2 Å². The van der Waals surface area contributed by atoms with Gasteiger partial charge in [-0.1, -0.05) is 17.7 Å². The largest absolute Gasteiger partial charge is 0.497 e. The molecule has 1 N–H and O–H groups in total. The molecule has 0 saturated carbocycles. The fourth-order valence-electron chi connectivity index (χ4n) is 2.99. The summed E-state index contributed by atoms with van der Waals surface area (Å²) in [6, 6.07) is 17.4. The van der Waals surface area contributed by atoms with Crippen molar-refractivity contribution in [3.63, 3.8) is 0 Å². The third-order valence-electron chi connectivity index (χ3n) is 4.64. The van der Waals surface area contributed by atoms with Crippen molar-refractivity contribution in [1.82, 2.24) is 15.4 Å². The number of methoxy groups -OCH3 is 1. The second-order valence-corrected chi connectivity index (χ2v) is 8.26. The molecule has 0 fully saturated rings. The molecule has 0 saturated heterocycles. The first-order chi connectivity index (χ1) is 15.2. The van der Waals surface area contributed by atoms with E-state index < -0.39 is 11.4 Å². The summed E-state index contributed by atoms with van der Waals surface area (Å²) < 4.78 is 11.0. The topological polar surface area (TPSA) is 80.8 Å². The van der Waals surface area contributed by atoms with E-state index in [0.717, 1.165) is 5.56 Å². The Bertz CT molecular complexity index is 1100. The molecule has 1 aromatic heterocycles. The van der Waals surface area contributed by atoms with Crippen LogP contribution < -0.4 is 14.9 Å². The van der Waals surface area contributed by atoms with E-state index in [0.29, 0.717) is 17.1 Å². The first kappa shape index (κ1) is 22.8. The molecule has 3 aromatic rings. The average Bonchev–Trinajstić information content (AvgIpc) is 2.77. The SMILES string of the molecule is COc1ccc(Oc2ncccc2C(=O)N(NC(=O)c2cccc(C)c2)C(C)(C)C)cc1. The van der Waals surface area contributed by atoms with Gasteiger partial charge in [0.2, 0.25) is 5.88 Å². The van der Waals surface area contributed by atoms with Gasteiger partial charge >= 0.3 is 0 Å². The predicted molar refractivity (Wildman–Crippen MR) is 122 cm³/mol. The van der Waals surface area contributed by atoms with Crippen LogP contribution in [0.4, 0.5) is 0 Å². The maximum atomic E-state index is 13.5. The zero-order chi connectivity index (χ0) is 23.3. The van der Waals surface area contributed by atoms with Gasteiger partial charge in [0.05, 0.1) is 12.6 Å². The van der Waals surface area contributed by atoms with Crippen molar-refractivity contribution >= 4 is 11.8 Å². The smallest absolute Gasteiger partial charge is 0.278 e. The number of nitrogens with one attached hydrogen (secondary N) is 1. The molecule has 0 aliphatic rings. The molecule has 0 atom stereocenters. The Morgan fingerprint density at radius 2 is 1.66 bits per heavy atom. The molecule has 0 aliphatic carbocycles. The third kappa shape index (κ3) is 5.43. The van der Waals surface area contributed by atoms with Crippen molar-refractivity contribution in [2.75, 3.05) is 7.11 Å². The minimum absolute atomic E-state index is 0.140. The van der Waals surface area contributed by atoms with Gasteiger partial charge in [0, 0.05) is 11.8 Å². The number of ether oxygens (including phenoxy) is 2. The van der Waals surface area contributed by atoms with Gasteiger partial charge < -0.3 is 9.47 Å². The van der Waals surface area contributed by atoms with Crippen LogP contribution in [0.3, 0.4) is 0 Å². The Labute approximate surface area is 188 Å². The molecule has 1 heterocycles. The van der Waals surface area contributed by atoms with Gasteiger partial charge in [-0.15, -0.1) is 0 Å². The Hall–Kier alpha value is -3.87.